The summed E-state index contributed by atoms with van der Waals surface area (Å²) in [6.45, 7) is 3.42. The van der Waals surface area contributed by atoms with Crippen molar-refractivity contribution in [3.8, 4) is 0 Å². The average molecular weight is 373 g/mol. The first-order chi connectivity index (χ1) is 12.5. The molecule has 26 heavy (non-hydrogen) atoms. The van der Waals surface area contributed by atoms with Gasteiger partial charge in [0.25, 0.3) is 0 Å². The van der Waals surface area contributed by atoms with Crippen LogP contribution in [0, 0.1) is 0 Å². The maximum absolute atomic E-state index is 12.5. The molecule has 5 nitrogen and oxygen atoms in total. The van der Waals surface area contributed by atoms with Gasteiger partial charge in [-0.15, -0.1) is 0 Å². The van der Waals surface area contributed by atoms with Crippen LogP contribution in [0.15, 0.2) is 48.5 Å². The molecule has 0 aromatic heterocycles. The van der Waals surface area contributed by atoms with E-state index in [2.05, 4.69) is 16.3 Å². The van der Waals surface area contributed by atoms with Gasteiger partial charge in [0.1, 0.15) is 0 Å². The van der Waals surface area contributed by atoms with Crippen molar-refractivity contribution >= 4 is 34.6 Å². The van der Waals surface area contributed by atoms with Crippen LogP contribution in [0.3, 0.4) is 0 Å². The summed E-state index contributed by atoms with van der Waals surface area (Å²) in [6.07, 6.45) is 0. The SMILES string of the molecule is CN(C)c1ccc(NCC(=O)N2CCN(c3cccc(Cl)c3)CC2)cc1. The van der Waals surface area contributed by atoms with Gasteiger partial charge >= 0.3 is 0 Å². The van der Waals surface area contributed by atoms with E-state index in [0.29, 0.717) is 6.54 Å². The Hall–Kier alpha value is -2.40. The van der Waals surface area contributed by atoms with E-state index in [-0.39, 0.29) is 5.91 Å². The van der Waals surface area contributed by atoms with Gasteiger partial charge in [-0.3, -0.25) is 4.79 Å². The monoisotopic (exact) mass is 372 g/mol. The Balaban J connectivity index is 1.47. The van der Waals surface area contributed by atoms with Crippen LogP contribution in [0.1, 0.15) is 0 Å². The third-order valence-electron chi connectivity index (χ3n) is 4.63. The molecule has 1 aliphatic heterocycles. The molecule has 0 atom stereocenters. The molecule has 0 bridgehead atoms. The van der Waals surface area contributed by atoms with Crippen molar-refractivity contribution < 1.29 is 4.79 Å². The highest BCUT2D eigenvalue weighted by Gasteiger charge is 2.21. The number of carbonyl (C=O) groups excluding carboxylic acids is 1. The number of benzene rings is 2. The Kier molecular flexibility index (Phi) is 5.89. The molecule has 2 aromatic carbocycles. The average Bonchev–Trinajstić information content (AvgIpc) is 2.66. The lowest BCUT2D eigenvalue weighted by molar-refractivity contribution is -0.129. The molecule has 6 heteroatoms. The number of halogens is 1. The van der Waals surface area contributed by atoms with Crippen LogP contribution in [0.4, 0.5) is 17.1 Å². The third kappa shape index (κ3) is 4.61. The van der Waals surface area contributed by atoms with E-state index in [1.54, 1.807) is 0 Å². The van der Waals surface area contributed by atoms with Crippen molar-refractivity contribution in [2.45, 2.75) is 0 Å². The maximum atomic E-state index is 12.5. The summed E-state index contributed by atoms with van der Waals surface area (Å²) >= 11 is 6.07. The third-order valence-corrected chi connectivity index (χ3v) is 4.87. The molecule has 0 saturated carbocycles. The summed E-state index contributed by atoms with van der Waals surface area (Å²) in [6, 6.07) is 15.9. The fourth-order valence-electron chi connectivity index (χ4n) is 3.05. The summed E-state index contributed by atoms with van der Waals surface area (Å²) in [4.78, 5) is 18.7. The molecule has 3 rings (SSSR count). The second-order valence-electron chi connectivity index (χ2n) is 6.64. The number of piperazine rings is 1. The topological polar surface area (TPSA) is 38.8 Å². The molecule has 1 amide bonds. The van der Waals surface area contributed by atoms with E-state index in [1.165, 1.54) is 0 Å². The Morgan fingerprint density at radius 1 is 1.08 bits per heavy atom. The van der Waals surface area contributed by atoms with Crippen molar-refractivity contribution in [1.82, 2.24) is 4.90 Å². The van der Waals surface area contributed by atoms with Crippen LogP contribution in [0.2, 0.25) is 5.02 Å². The van der Waals surface area contributed by atoms with Crippen LogP contribution < -0.4 is 15.1 Å². The molecule has 1 aliphatic rings. The van der Waals surface area contributed by atoms with Gasteiger partial charge in [-0.1, -0.05) is 17.7 Å². The summed E-state index contributed by atoms with van der Waals surface area (Å²) in [5, 5.41) is 3.96. The predicted molar refractivity (Wildman–Crippen MR) is 110 cm³/mol. The number of hydrogen-bond acceptors (Lipinski definition) is 4. The molecular formula is C20H25ClN4O. The molecule has 0 radical (unpaired) electrons. The largest absolute Gasteiger partial charge is 0.378 e. The van der Waals surface area contributed by atoms with Crippen molar-refractivity contribution in [1.29, 1.82) is 0 Å². The van der Waals surface area contributed by atoms with E-state index in [1.807, 2.05) is 66.4 Å². The fourth-order valence-corrected chi connectivity index (χ4v) is 3.24. The lowest BCUT2D eigenvalue weighted by Crippen LogP contribution is -2.50. The molecule has 0 aliphatic carbocycles. The highest BCUT2D eigenvalue weighted by molar-refractivity contribution is 6.30. The van der Waals surface area contributed by atoms with Gasteiger partial charge in [0.05, 0.1) is 6.54 Å². The van der Waals surface area contributed by atoms with Crippen LogP contribution in [-0.2, 0) is 4.79 Å². The van der Waals surface area contributed by atoms with Crippen molar-refractivity contribution in [3.05, 3.63) is 53.6 Å². The van der Waals surface area contributed by atoms with Crippen molar-refractivity contribution in [2.24, 2.45) is 0 Å². The second kappa shape index (κ2) is 8.32. The molecule has 1 heterocycles. The normalized spacial score (nSPS) is 14.3. The zero-order valence-electron chi connectivity index (χ0n) is 15.3. The number of amides is 1. The van der Waals surface area contributed by atoms with Gasteiger partial charge in [-0.2, -0.15) is 0 Å². The predicted octanol–water partition coefficient (Wildman–Crippen LogP) is 3.17. The molecule has 138 valence electrons. The first-order valence-electron chi connectivity index (χ1n) is 8.82. The smallest absolute Gasteiger partial charge is 0.241 e. The maximum Gasteiger partial charge on any atom is 0.241 e. The van der Waals surface area contributed by atoms with Gasteiger partial charge in [0, 0.05) is 62.4 Å². The Bertz CT molecular complexity index is 740. The molecule has 0 unspecified atom stereocenters. The molecule has 1 saturated heterocycles. The molecule has 2 aromatic rings. The van der Waals surface area contributed by atoms with Crippen molar-refractivity contribution in [3.63, 3.8) is 0 Å². The zero-order valence-corrected chi connectivity index (χ0v) is 16.0. The summed E-state index contributed by atoms with van der Waals surface area (Å²) in [5.74, 6) is 0.132. The number of nitrogens with one attached hydrogen (secondary N) is 1. The first-order valence-corrected chi connectivity index (χ1v) is 9.20. The van der Waals surface area contributed by atoms with E-state index < -0.39 is 0 Å². The molecular weight excluding hydrogens is 348 g/mol. The minimum Gasteiger partial charge on any atom is -0.378 e. The lowest BCUT2D eigenvalue weighted by atomic mass is 10.2. The molecule has 1 fully saturated rings. The van der Waals surface area contributed by atoms with E-state index in [9.17, 15) is 4.79 Å². The minimum atomic E-state index is 0.132. The Morgan fingerprint density at radius 2 is 1.77 bits per heavy atom. The van der Waals surface area contributed by atoms with Crippen LogP contribution in [-0.4, -0.2) is 57.6 Å². The number of rotatable bonds is 5. The standard InChI is InChI=1S/C20H25ClN4O/c1-23(2)18-8-6-17(7-9-18)22-15-20(26)25-12-10-24(11-13-25)19-5-3-4-16(21)14-19/h3-9,14,22H,10-13,15H2,1-2H3. The summed E-state index contributed by atoms with van der Waals surface area (Å²) in [5.41, 5.74) is 3.21. The number of anilines is 3. The molecule has 1 N–H and O–H groups in total. The van der Waals surface area contributed by atoms with Gasteiger partial charge in [-0.25, -0.2) is 0 Å². The Labute approximate surface area is 160 Å². The zero-order chi connectivity index (χ0) is 18.5. The fraction of sp³-hybridized carbons (Fsp3) is 0.350. The minimum absolute atomic E-state index is 0.132. The van der Waals surface area contributed by atoms with Gasteiger partial charge < -0.3 is 20.0 Å². The number of nitrogens with zero attached hydrogens (tertiary/aromatic N) is 3. The van der Waals surface area contributed by atoms with E-state index >= 15 is 0 Å². The van der Waals surface area contributed by atoms with Gasteiger partial charge in [-0.05, 0) is 42.5 Å². The van der Waals surface area contributed by atoms with Crippen LogP contribution in [0.25, 0.3) is 0 Å². The second-order valence-corrected chi connectivity index (χ2v) is 7.08. The Morgan fingerprint density at radius 3 is 2.38 bits per heavy atom. The summed E-state index contributed by atoms with van der Waals surface area (Å²) in [7, 11) is 4.02. The lowest BCUT2D eigenvalue weighted by Gasteiger charge is -2.36. The van der Waals surface area contributed by atoms with Gasteiger partial charge in [0.2, 0.25) is 5.91 Å². The molecule has 0 spiro atoms. The quantitative estimate of drug-likeness (QED) is 0.875. The van der Waals surface area contributed by atoms with Crippen LogP contribution >= 0.6 is 11.6 Å². The van der Waals surface area contributed by atoms with E-state index in [4.69, 9.17) is 11.6 Å². The highest BCUT2D eigenvalue weighted by atomic mass is 35.5. The van der Waals surface area contributed by atoms with E-state index in [0.717, 1.165) is 48.3 Å². The van der Waals surface area contributed by atoms with Gasteiger partial charge in [0.15, 0.2) is 0 Å². The summed E-state index contributed by atoms with van der Waals surface area (Å²) < 4.78 is 0. The number of carbonyl (C=O) groups is 1. The first kappa shape index (κ1) is 18.4. The van der Waals surface area contributed by atoms with Crippen LogP contribution in [0.5, 0.6) is 0 Å². The number of hydrogen-bond donors (Lipinski definition) is 1. The van der Waals surface area contributed by atoms with Crippen molar-refractivity contribution in [2.75, 3.05) is 61.9 Å². The highest BCUT2D eigenvalue weighted by Crippen LogP contribution is 2.21.